The van der Waals surface area contributed by atoms with Gasteiger partial charge in [0.05, 0.1) is 6.10 Å². The smallest absolute Gasteiger partial charge is 0.303 e. The first-order valence-corrected chi connectivity index (χ1v) is 9.46. The van der Waals surface area contributed by atoms with Crippen LogP contribution in [0.3, 0.4) is 0 Å². The molecular weight excluding hydrogens is 332 g/mol. The molecule has 3 rings (SSSR count). The van der Waals surface area contributed by atoms with Gasteiger partial charge in [-0.05, 0) is 36.2 Å². The molecule has 1 N–H and O–H groups in total. The number of allylic oxidation sites excluding steroid dienone is 2. The normalized spacial score (nSPS) is 37.0. The fraction of sp³-hybridized carbons (Fsp3) is 0.667. The van der Waals surface area contributed by atoms with Crippen LogP contribution in [0.5, 0.6) is 0 Å². The molecule has 0 spiro atoms. The van der Waals surface area contributed by atoms with E-state index < -0.39 is 18.2 Å². The van der Waals surface area contributed by atoms with Gasteiger partial charge in [-0.15, -0.1) is 0 Å². The van der Waals surface area contributed by atoms with Gasteiger partial charge in [-0.1, -0.05) is 32.9 Å². The van der Waals surface area contributed by atoms with Crippen LogP contribution in [0.1, 0.15) is 52.9 Å². The lowest BCUT2D eigenvalue weighted by molar-refractivity contribution is -0.157. The summed E-state index contributed by atoms with van der Waals surface area (Å²) >= 11 is 0. The Morgan fingerprint density at radius 1 is 1.31 bits per heavy atom. The van der Waals surface area contributed by atoms with E-state index in [2.05, 4.69) is 20.4 Å². The highest BCUT2D eigenvalue weighted by molar-refractivity contribution is 6.11. The average Bonchev–Trinajstić information content (AvgIpc) is 2.82. The molecule has 3 aliphatic carbocycles. The summed E-state index contributed by atoms with van der Waals surface area (Å²) in [4.78, 5) is 37.4. The SMILES string of the molecule is C=C1C(=O)C2=C[C@H]1C[C@H](OC(C)=O)C(=O)C1CCCC(C)(C)[C@H]1C[C@H]2O. The van der Waals surface area contributed by atoms with Crippen LogP contribution in [0.4, 0.5) is 0 Å². The molecule has 0 aliphatic heterocycles. The van der Waals surface area contributed by atoms with Crippen LogP contribution < -0.4 is 0 Å². The van der Waals surface area contributed by atoms with Crippen molar-refractivity contribution in [1.29, 1.82) is 0 Å². The Balaban J connectivity index is 2.04. The van der Waals surface area contributed by atoms with Gasteiger partial charge < -0.3 is 9.84 Å². The fourth-order valence-corrected chi connectivity index (χ4v) is 5.01. The van der Waals surface area contributed by atoms with Gasteiger partial charge in [-0.3, -0.25) is 14.4 Å². The molecule has 0 radical (unpaired) electrons. The van der Waals surface area contributed by atoms with Crippen molar-refractivity contribution < 1.29 is 24.2 Å². The summed E-state index contributed by atoms with van der Waals surface area (Å²) in [7, 11) is 0. The lowest BCUT2D eigenvalue weighted by Crippen LogP contribution is -2.45. The first kappa shape index (κ1) is 19.0. The van der Waals surface area contributed by atoms with Gasteiger partial charge in [0, 0.05) is 30.8 Å². The highest BCUT2D eigenvalue weighted by Crippen LogP contribution is 2.49. The number of rotatable bonds is 1. The van der Waals surface area contributed by atoms with Crippen LogP contribution >= 0.6 is 0 Å². The Hall–Kier alpha value is -1.75. The van der Waals surface area contributed by atoms with E-state index in [1.165, 1.54) is 6.92 Å². The topological polar surface area (TPSA) is 80.7 Å². The number of ether oxygens (including phenoxy) is 1. The Kier molecular flexibility index (Phi) is 4.95. The highest BCUT2D eigenvalue weighted by Gasteiger charge is 2.48. The van der Waals surface area contributed by atoms with Crippen molar-refractivity contribution in [2.75, 3.05) is 0 Å². The van der Waals surface area contributed by atoms with Gasteiger partial charge in [0.1, 0.15) is 0 Å². The minimum absolute atomic E-state index is 0.0593. The molecule has 0 saturated heterocycles. The molecule has 0 heterocycles. The largest absolute Gasteiger partial charge is 0.455 e. The van der Waals surface area contributed by atoms with E-state index in [0.717, 1.165) is 19.3 Å². The number of Topliss-reactive ketones (excluding diaryl/α,β-unsaturated/α-hetero) is 2. The Labute approximate surface area is 154 Å². The summed E-state index contributed by atoms with van der Waals surface area (Å²) in [5, 5.41) is 10.7. The molecule has 5 atom stereocenters. The van der Waals surface area contributed by atoms with Crippen molar-refractivity contribution in [3.05, 3.63) is 23.8 Å². The van der Waals surface area contributed by atoms with Crippen LogP contribution in [-0.2, 0) is 19.1 Å². The van der Waals surface area contributed by atoms with Gasteiger partial charge in [0.2, 0.25) is 0 Å². The second-order valence-corrected chi connectivity index (χ2v) is 8.66. The molecule has 142 valence electrons. The van der Waals surface area contributed by atoms with Gasteiger partial charge in [0.25, 0.3) is 0 Å². The molecule has 2 bridgehead atoms. The van der Waals surface area contributed by atoms with Gasteiger partial charge in [-0.2, -0.15) is 0 Å². The van der Waals surface area contributed by atoms with Crippen LogP contribution in [-0.4, -0.2) is 34.9 Å². The molecule has 1 saturated carbocycles. The van der Waals surface area contributed by atoms with E-state index in [4.69, 9.17) is 4.74 Å². The number of ketones is 2. The maximum absolute atomic E-state index is 13.3. The molecule has 1 fully saturated rings. The van der Waals surface area contributed by atoms with Crippen molar-refractivity contribution in [3.8, 4) is 0 Å². The minimum Gasteiger partial charge on any atom is -0.455 e. The Bertz CT molecular complexity index is 687. The highest BCUT2D eigenvalue weighted by atomic mass is 16.5. The molecule has 0 amide bonds. The molecule has 1 unspecified atom stereocenters. The maximum atomic E-state index is 13.3. The first-order chi connectivity index (χ1) is 12.1. The maximum Gasteiger partial charge on any atom is 0.303 e. The van der Waals surface area contributed by atoms with Crippen molar-refractivity contribution in [2.24, 2.45) is 23.2 Å². The Morgan fingerprint density at radius 3 is 2.65 bits per heavy atom. The molecule has 5 heteroatoms. The molecule has 5 nitrogen and oxygen atoms in total. The molecular formula is C21H28O5. The zero-order valence-corrected chi connectivity index (χ0v) is 15.8. The van der Waals surface area contributed by atoms with E-state index in [-0.39, 0.29) is 41.2 Å². The zero-order valence-electron chi connectivity index (χ0n) is 15.8. The number of aliphatic hydroxyl groups excluding tert-OH is 1. The van der Waals surface area contributed by atoms with E-state index in [1.54, 1.807) is 6.08 Å². The lowest BCUT2D eigenvalue weighted by Gasteiger charge is -2.45. The lowest BCUT2D eigenvalue weighted by atomic mass is 9.60. The third-order valence-corrected chi connectivity index (χ3v) is 6.50. The number of esters is 1. The standard InChI is InChI=1S/C21H28O5/c1-11-13-8-15(19(11)24)17(23)10-16-14(6-5-7-21(16,3)4)20(25)18(9-13)26-12(2)22/h8,13-14,16-18,23H,1,5-7,9-10H2,2-4H3/t13-,14?,16-,17+,18-/m0/s1. The van der Waals surface area contributed by atoms with E-state index in [9.17, 15) is 19.5 Å². The molecule has 26 heavy (non-hydrogen) atoms. The monoisotopic (exact) mass is 360 g/mol. The number of carbonyl (C=O) groups is 3. The third-order valence-electron chi connectivity index (χ3n) is 6.50. The third kappa shape index (κ3) is 3.29. The van der Waals surface area contributed by atoms with E-state index in [0.29, 0.717) is 17.6 Å². The van der Waals surface area contributed by atoms with E-state index in [1.807, 2.05) is 0 Å². The molecule has 0 aromatic rings. The van der Waals surface area contributed by atoms with Gasteiger partial charge in [-0.25, -0.2) is 0 Å². The quantitative estimate of drug-likeness (QED) is 0.574. The number of carbonyl (C=O) groups excluding carboxylic acids is 3. The number of fused-ring (bicyclic) bond motifs is 2. The molecule has 3 aliphatic rings. The summed E-state index contributed by atoms with van der Waals surface area (Å²) < 4.78 is 5.38. The second kappa shape index (κ2) is 6.76. The predicted molar refractivity (Wildman–Crippen MR) is 96.1 cm³/mol. The summed E-state index contributed by atoms with van der Waals surface area (Å²) in [5.41, 5.74) is 0.627. The molecule has 0 aromatic heterocycles. The summed E-state index contributed by atoms with van der Waals surface area (Å²) in [5.74, 6) is -1.49. The van der Waals surface area contributed by atoms with Gasteiger partial charge in [0.15, 0.2) is 17.7 Å². The van der Waals surface area contributed by atoms with Crippen LogP contribution in [0.15, 0.2) is 23.8 Å². The van der Waals surface area contributed by atoms with Crippen LogP contribution in [0.25, 0.3) is 0 Å². The van der Waals surface area contributed by atoms with E-state index >= 15 is 0 Å². The minimum atomic E-state index is -0.882. The number of hydrogen-bond donors (Lipinski definition) is 1. The summed E-state index contributed by atoms with van der Waals surface area (Å²) in [6.07, 6.45) is 3.19. The molecule has 0 aromatic carbocycles. The number of aliphatic hydroxyl groups is 1. The first-order valence-electron chi connectivity index (χ1n) is 9.46. The zero-order chi connectivity index (χ0) is 19.2. The van der Waals surface area contributed by atoms with Crippen molar-refractivity contribution in [3.63, 3.8) is 0 Å². The summed E-state index contributed by atoms with van der Waals surface area (Å²) in [6.45, 7) is 9.38. The van der Waals surface area contributed by atoms with Crippen LogP contribution in [0, 0.1) is 23.2 Å². The van der Waals surface area contributed by atoms with Crippen molar-refractivity contribution in [2.45, 2.75) is 65.1 Å². The van der Waals surface area contributed by atoms with Crippen LogP contribution in [0.2, 0.25) is 0 Å². The second-order valence-electron chi connectivity index (χ2n) is 8.66. The Morgan fingerprint density at radius 2 is 2.00 bits per heavy atom. The number of hydrogen-bond acceptors (Lipinski definition) is 5. The fourth-order valence-electron chi connectivity index (χ4n) is 5.01. The van der Waals surface area contributed by atoms with Crippen molar-refractivity contribution >= 4 is 17.5 Å². The summed E-state index contributed by atoms with van der Waals surface area (Å²) in [6, 6.07) is 0. The van der Waals surface area contributed by atoms with Gasteiger partial charge >= 0.3 is 5.97 Å². The predicted octanol–water partition coefficient (Wildman–Crippen LogP) is 2.77. The van der Waals surface area contributed by atoms with Crippen molar-refractivity contribution in [1.82, 2.24) is 0 Å². The average molecular weight is 360 g/mol.